The largest absolute Gasteiger partial charge is 0.458 e. The van der Waals surface area contributed by atoms with Gasteiger partial charge in [0.2, 0.25) is 17.7 Å². The maximum Gasteiger partial charge on any atom is 0.332 e. The van der Waals surface area contributed by atoms with Crippen molar-refractivity contribution in [2.45, 2.75) is 98.1 Å². The molecule has 0 unspecified atom stereocenters. The smallest absolute Gasteiger partial charge is 0.332 e. The number of ether oxygens (including phenoxy) is 2. The molecule has 0 aliphatic carbocycles. The van der Waals surface area contributed by atoms with E-state index in [1.807, 2.05) is 78.2 Å². The number of β-amino-alcohol motifs (C(OH)–C–C–N with tert-alkyl or cyclic N) is 1. The number of esters is 1. The summed E-state index contributed by atoms with van der Waals surface area (Å²) >= 11 is 1.59. The lowest BCUT2D eigenvalue weighted by atomic mass is 9.72. The number of carbonyl (C=O) groups excluding carboxylic acids is 4. The maximum atomic E-state index is 14.1. The van der Waals surface area contributed by atoms with E-state index in [1.165, 1.54) is 4.90 Å². The van der Waals surface area contributed by atoms with Crippen LogP contribution in [0, 0.1) is 23.7 Å². The summed E-state index contributed by atoms with van der Waals surface area (Å²) in [5, 5.41) is 16.6. The van der Waals surface area contributed by atoms with Gasteiger partial charge in [0.05, 0.1) is 35.3 Å². The molecule has 0 radical (unpaired) electrons. The van der Waals surface area contributed by atoms with Gasteiger partial charge < -0.3 is 39.9 Å². The fourth-order valence-electron chi connectivity index (χ4n) is 8.91. The second kappa shape index (κ2) is 18.4. The van der Waals surface area contributed by atoms with Gasteiger partial charge in [-0.05, 0) is 76.1 Å². The average molecular weight is 824 g/mol. The summed E-state index contributed by atoms with van der Waals surface area (Å²) in [5.74, 6) is -0.542. The Kier molecular flexibility index (Phi) is 14.0. The zero-order valence-corrected chi connectivity index (χ0v) is 36.4. The first kappa shape index (κ1) is 44.1. The number of likely N-dealkylation sites (tertiary alicyclic amines) is 4. The molecule has 14 nitrogen and oxygen atoms in total. The zero-order chi connectivity index (χ0) is 41.8. The number of hydrogen-bond acceptors (Lipinski definition) is 12. The Hall–Kier alpha value is -3.47. The van der Waals surface area contributed by atoms with E-state index in [2.05, 4.69) is 30.3 Å². The highest BCUT2D eigenvalue weighted by atomic mass is 32.1. The lowest BCUT2D eigenvalue weighted by Gasteiger charge is -2.61. The molecule has 3 atom stereocenters. The van der Waals surface area contributed by atoms with Crippen molar-refractivity contribution < 1.29 is 33.8 Å². The van der Waals surface area contributed by atoms with Crippen molar-refractivity contribution in [3.63, 3.8) is 0 Å². The number of amides is 3. The maximum absolute atomic E-state index is 14.1. The summed E-state index contributed by atoms with van der Waals surface area (Å²) in [6, 6.07) is 6.28. The van der Waals surface area contributed by atoms with Crippen LogP contribution in [0.15, 0.2) is 29.8 Å². The molecule has 15 heteroatoms. The standard InChI is InChI=1S/C43H65N7O7S/c1-29-37(58-28-45-29)32-10-8-30(9-11-32)19-44-39(54)34-18-33(51)21-50(34)40(55)38(41(2,3)4)46-35(52)22-49-26-43(27-49)24-48(25-43)20-31-12-14-47(15-13-31)16-17-56-23-36(53)57-42(5,6)7/h8-11,28,31,33-34,38,51H,12-27H2,1-7H3,(H,44,54)(H,46,52)/t33-,34+,38-/m1/s1. The van der Waals surface area contributed by atoms with Crippen LogP contribution in [0.4, 0.5) is 0 Å². The monoisotopic (exact) mass is 823 g/mol. The predicted molar refractivity (Wildman–Crippen MR) is 223 cm³/mol. The van der Waals surface area contributed by atoms with Gasteiger partial charge in [0, 0.05) is 64.2 Å². The van der Waals surface area contributed by atoms with Crippen molar-refractivity contribution in [2.24, 2.45) is 16.7 Å². The topological polar surface area (TPSA) is 157 Å². The minimum absolute atomic E-state index is 0.0108. The summed E-state index contributed by atoms with van der Waals surface area (Å²) < 4.78 is 10.9. The quantitative estimate of drug-likeness (QED) is 0.179. The first-order valence-corrected chi connectivity index (χ1v) is 21.8. The number of nitrogens with zero attached hydrogens (tertiary/aromatic N) is 5. The molecule has 4 aliphatic rings. The van der Waals surface area contributed by atoms with Gasteiger partial charge in [-0.3, -0.25) is 19.3 Å². The highest BCUT2D eigenvalue weighted by Gasteiger charge is 2.52. The molecule has 5 heterocycles. The van der Waals surface area contributed by atoms with Crippen LogP contribution >= 0.6 is 11.3 Å². The number of rotatable bonds is 15. The van der Waals surface area contributed by atoms with E-state index in [-0.39, 0.29) is 55.2 Å². The number of aliphatic hydroxyl groups excluding tert-OH is 1. The third kappa shape index (κ3) is 11.6. The van der Waals surface area contributed by atoms with E-state index in [0.717, 1.165) is 86.9 Å². The van der Waals surface area contributed by atoms with Crippen molar-refractivity contribution in [2.75, 3.05) is 78.7 Å². The lowest BCUT2D eigenvalue weighted by Crippen LogP contribution is -2.73. The molecule has 1 aromatic carbocycles. The lowest BCUT2D eigenvalue weighted by molar-refractivity contribution is -0.160. The molecule has 6 rings (SSSR count). The van der Waals surface area contributed by atoms with Crippen LogP contribution in [-0.2, 0) is 35.2 Å². The Morgan fingerprint density at radius 3 is 2.28 bits per heavy atom. The van der Waals surface area contributed by atoms with Crippen molar-refractivity contribution in [1.82, 2.24) is 35.2 Å². The van der Waals surface area contributed by atoms with E-state index >= 15 is 0 Å². The fourth-order valence-corrected chi connectivity index (χ4v) is 9.73. The van der Waals surface area contributed by atoms with Crippen molar-refractivity contribution >= 4 is 35.0 Å². The fraction of sp³-hybridized carbons (Fsp3) is 0.698. The van der Waals surface area contributed by atoms with E-state index in [0.29, 0.717) is 19.1 Å². The molecule has 320 valence electrons. The van der Waals surface area contributed by atoms with Crippen LogP contribution in [0.3, 0.4) is 0 Å². The third-order valence-corrected chi connectivity index (χ3v) is 12.7. The average Bonchev–Trinajstić information content (AvgIpc) is 3.74. The summed E-state index contributed by atoms with van der Waals surface area (Å²) in [5.41, 5.74) is 3.92. The number of aryl methyl sites for hydroxylation is 1. The number of aliphatic hydroxyl groups is 1. The summed E-state index contributed by atoms with van der Waals surface area (Å²) in [4.78, 5) is 66.8. The molecular weight excluding hydrogens is 759 g/mol. The highest BCUT2D eigenvalue weighted by Crippen LogP contribution is 2.40. The zero-order valence-electron chi connectivity index (χ0n) is 35.6. The molecule has 3 amide bonds. The molecule has 4 aliphatic heterocycles. The van der Waals surface area contributed by atoms with E-state index in [9.17, 15) is 24.3 Å². The molecule has 58 heavy (non-hydrogen) atoms. The first-order chi connectivity index (χ1) is 27.4. The summed E-state index contributed by atoms with van der Waals surface area (Å²) in [7, 11) is 0. The minimum atomic E-state index is -0.853. The van der Waals surface area contributed by atoms with E-state index in [4.69, 9.17) is 9.47 Å². The Labute approximate surface area is 348 Å². The van der Waals surface area contributed by atoms with Gasteiger partial charge in [0.25, 0.3) is 0 Å². The van der Waals surface area contributed by atoms with Crippen molar-refractivity contribution in [1.29, 1.82) is 0 Å². The van der Waals surface area contributed by atoms with Crippen LogP contribution in [-0.4, -0.2) is 156 Å². The molecule has 2 aromatic rings. The molecule has 3 N–H and O–H groups in total. The second-order valence-electron chi connectivity index (χ2n) is 19.2. The molecule has 4 saturated heterocycles. The van der Waals surface area contributed by atoms with Gasteiger partial charge in [0.1, 0.15) is 24.3 Å². The number of benzene rings is 1. The van der Waals surface area contributed by atoms with Gasteiger partial charge in [0.15, 0.2) is 0 Å². The Morgan fingerprint density at radius 1 is 0.983 bits per heavy atom. The summed E-state index contributed by atoms with van der Waals surface area (Å²) in [6.07, 6.45) is 1.63. The highest BCUT2D eigenvalue weighted by molar-refractivity contribution is 7.13. The molecule has 1 spiro atoms. The van der Waals surface area contributed by atoms with Crippen molar-refractivity contribution in [3.8, 4) is 10.4 Å². The second-order valence-corrected chi connectivity index (χ2v) is 20.0. The van der Waals surface area contributed by atoms with Gasteiger partial charge in [-0.15, -0.1) is 11.3 Å². The van der Waals surface area contributed by atoms with Gasteiger partial charge in [-0.25, -0.2) is 9.78 Å². The number of aromatic nitrogens is 1. The molecule has 0 bridgehead atoms. The first-order valence-electron chi connectivity index (χ1n) is 20.9. The Balaban J connectivity index is 0.892. The molecular formula is C43H65N7O7S. The van der Waals surface area contributed by atoms with E-state index in [1.54, 1.807) is 11.3 Å². The number of piperidine rings is 1. The Bertz CT molecular complexity index is 1730. The Morgan fingerprint density at radius 2 is 1.66 bits per heavy atom. The van der Waals surface area contributed by atoms with Crippen LogP contribution in [0.1, 0.15) is 72.1 Å². The van der Waals surface area contributed by atoms with Gasteiger partial charge >= 0.3 is 5.97 Å². The van der Waals surface area contributed by atoms with Crippen LogP contribution in [0.5, 0.6) is 0 Å². The number of hydrogen-bond donors (Lipinski definition) is 3. The molecule has 1 aromatic heterocycles. The van der Waals surface area contributed by atoms with Gasteiger partial charge in [-0.2, -0.15) is 0 Å². The molecule has 4 fully saturated rings. The number of nitrogens with one attached hydrogen (secondary N) is 2. The SMILES string of the molecule is Cc1ncsc1-c1ccc(CNC(=O)[C@@H]2C[C@@H](O)CN2C(=O)[C@@H](NC(=O)CN2CC3(C2)CN(CC2CCN(CCOCC(=O)OC(C)(C)C)CC2)C3)C(C)(C)C)cc1. The third-order valence-electron chi connectivity index (χ3n) is 11.7. The van der Waals surface area contributed by atoms with E-state index < -0.39 is 29.2 Å². The summed E-state index contributed by atoms with van der Waals surface area (Å²) in [6.45, 7) is 22.1. The van der Waals surface area contributed by atoms with Crippen molar-refractivity contribution in [3.05, 3.63) is 41.0 Å². The van der Waals surface area contributed by atoms with Crippen LogP contribution < -0.4 is 10.6 Å². The van der Waals surface area contributed by atoms with Crippen LogP contribution in [0.2, 0.25) is 0 Å². The molecule has 0 saturated carbocycles. The minimum Gasteiger partial charge on any atom is -0.458 e. The number of carbonyl (C=O) groups is 4. The number of thiazole rings is 1. The van der Waals surface area contributed by atoms with Gasteiger partial charge in [-0.1, -0.05) is 45.0 Å². The normalized spacial score (nSPS) is 22.3. The predicted octanol–water partition coefficient (Wildman–Crippen LogP) is 2.92. The van der Waals surface area contributed by atoms with Crippen LogP contribution in [0.25, 0.3) is 10.4 Å².